The molecule has 86 valence electrons. The van der Waals surface area contributed by atoms with Crippen LogP contribution >= 0.6 is 15.9 Å². The van der Waals surface area contributed by atoms with Crippen molar-refractivity contribution in [3.8, 4) is 0 Å². The number of carbonyl (C=O) groups is 1. The van der Waals surface area contributed by atoms with Gasteiger partial charge in [0.1, 0.15) is 0 Å². The molecule has 16 heavy (non-hydrogen) atoms. The van der Waals surface area contributed by atoms with Gasteiger partial charge in [0.25, 0.3) is 0 Å². The first-order valence-electron chi connectivity index (χ1n) is 5.96. The molecule has 4 rings (SSSR count). The van der Waals surface area contributed by atoms with Crippen molar-refractivity contribution in [2.75, 3.05) is 0 Å². The van der Waals surface area contributed by atoms with Gasteiger partial charge in [0.2, 0.25) is 5.78 Å². The van der Waals surface area contributed by atoms with Crippen molar-refractivity contribution in [3.63, 3.8) is 0 Å². The predicted molar refractivity (Wildman–Crippen MR) is 63.5 cm³/mol. The molecule has 0 N–H and O–H groups in total. The highest BCUT2D eigenvalue weighted by Gasteiger charge is 2.59. The summed E-state index contributed by atoms with van der Waals surface area (Å²) in [5.41, 5.74) is 8.32. The van der Waals surface area contributed by atoms with Gasteiger partial charge in [-0.3, -0.25) is 4.79 Å². The van der Waals surface area contributed by atoms with Gasteiger partial charge in [0, 0.05) is 9.74 Å². The molecule has 4 atom stereocenters. The SMILES string of the molecule is [N-]=[N+]=CC(=O)C12C[C@@H]3C[C@@H](CC(Br)(C3)C1)C2. The highest BCUT2D eigenvalue weighted by atomic mass is 79.9. The zero-order valence-electron chi connectivity index (χ0n) is 9.16. The lowest BCUT2D eigenvalue weighted by atomic mass is 9.48. The van der Waals surface area contributed by atoms with Crippen molar-refractivity contribution >= 4 is 27.9 Å². The lowest BCUT2D eigenvalue weighted by Gasteiger charge is -2.58. The minimum atomic E-state index is -0.222. The number of carbonyl (C=O) groups excluding carboxylic acids is 1. The molecule has 0 aliphatic heterocycles. The van der Waals surface area contributed by atoms with Crippen molar-refractivity contribution in [2.24, 2.45) is 17.3 Å². The molecule has 2 unspecified atom stereocenters. The number of nitrogens with zero attached hydrogens (tertiary/aromatic N) is 2. The van der Waals surface area contributed by atoms with Gasteiger partial charge in [-0.25, -0.2) is 0 Å². The highest BCUT2D eigenvalue weighted by Crippen LogP contribution is 2.64. The van der Waals surface area contributed by atoms with Crippen LogP contribution in [0.4, 0.5) is 0 Å². The molecule has 0 saturated heterocycles. The lowest BCUT2D eigenvalue weighted by Crippen LogP contribution is -2.56. The van der Waals surface area contributed by atoms with Crippen molar-refractivity contribution in [1.82, 2.24) is 0 Å². The van der Waals surface area contributed by atoms with Crippen molar-refractivity contribution in [1.29, 1.82) is 0 Å². The average Bonchev–Trinajstić information content (AvgIpc) is 2.13. The summed E-state index contributed by atoms with van der Waals surface area (Å²) in [5, 5.41) is 0. The molecular formula is C12H15BrN2O. The summed E-state index contributed by atoms with van der Waals surface area (Å²) < 4.78 is 0.191. The van der Waals surface area contributed by atoms with E-state index in [1.165, 1.54) is 19.3 Å². The van der Waals surface area contributed by atoms with Crippen LogP contribution in [0.5, 0.6) is 0 Å². The van der Waals surface area contributed by atoms with E-state index in [1.54, 1.807) is 0 Å². The van der Waals surface area contributed by atoms with Crippen LogP contribution in [-0.2, 0) is 4.79 Å². The molecule has 0 heterocycles. The van der Waals surface area contributed by atoms with Gasteiger partial charge in [-0.1, -0.05) is 15.9 Å². The molecule has 0 aromatic carbocycles. The van der Waals surface area contributed by atoms with E-state index < -0.39 is 0 Å². The average molecular weight is 283 g/mol. The molecule has 4 saturated carbocycles. The van der Waals surface area contributed by atoms with Gasteiger partial charge < -0.3 is 5.53 Å². The van der Waals surface area contributed by atoms with E-state index in [2.05, 4.69) is 20.7 Å². The minimum Gasteiger partial charge on any atom is -0.361 e. The Labute approximate surface area is 103 Å². The number of ketones is 1. The topological polar surface area (TPSA) is 53.5 Å². The third-order valence-corrected chi connectivity index (χ3v) is 5.62. The largest absolute Gasteiger partial charge is 0.361 e. The quantitative estimate of drug-likeness (QED) is 0.332. The number of rotatable bonds is 2. The smallest absolute Gasteiger partial charge is 0.323 e. The monoisotopic (exact) mass is 282 g/mol. The fraction of sp³-hybridized carbons (Fsp3) is 0.833. The second-order valence-corrected chi connectivity index (χ2v) is 7.68. The molecule has 0 aromatic heterocycles. The van der Waals surface area contributed by atoms with Crippen LogP contribution in [0.1, 0.15) is 38.5 Å². The van der Waals surface area contributed by atoms with E-state index in [0.717, 1.165) is 25.5 Å². The van der Waals surface area contributed by atoms with Gasteiger partial charge in [-0.15, -0.1) is 0 Å². The number of hydrogen-bond acceptors (Lipinski definition) is 1. The summed E-state index contributed by atoms with van der Waals surface area (Å²) in [4.78, 5) is 15.0. The molecule has 3 nitrogen and oxygen atoms in total. The summed E-state index contributed by atoms with van der Waals surface area (Å²) >= 11 is 3.85. The first-order chi connectivity index (χ1) is 7.55. The minimum absolute atomic E-state index is 0.0351. The van der Waals surface area contributed by atoms with E-state index in [9.17, 15) is 4.79 Å². The normalized spacial score (nSPS) is 48.8. The number of alkyl halides is 1. The van der Waals surface area contributed by atoms with E-state index in [4.69, 9.17) is 5.53 Å². The Morgan fingerprint density at radius 1 is 1.31 bits per heavy atom. The molecule has 0 radical (unpaired) electrons. The van der Waals surface area contributed by atoms with Crippen molar-refractivity contribution in [3.05, 3.63) is 5.53 Å². The maximum absolute atomic E-state index is 12.1. The van der Waals surface area contributed by atoms with E-state index >= 15 is 0 Å². The predicted octanol–water partition coefficient (Wildman–Crippen LogP) is 2.59. The lowest BCUT2D eigenvalue weighted by molar-refractivity contribution is -0.137. The molecule has 0 spiro atoms. The summed E-state index contributed by atoms with van der Waals surface area (Å²) in [6.07, 6.45) is 7.77. The van der Waals surface area contributed by atoms with Crippen molar-refractivity contribution in [2.45, 2.75) is 42.8 Å². The zero-order valence-corrected chi connectivity index (χ0v) is 10.7. The number of halogens is 1. The van der Waals surface area contributed by atoms with Crippen LogP contribution in [0.25, 0.3) is 5.53 Å². The molecule has 0 amide bonds. The van der Waals surface area contributed by atoms with Gasteiger partial charge in [0.15, 0.2) is 0 Å². The Bertz CT molecular complexity index is 386. The molecule has 4 heteroatoms. The molecule has 0 aromatic rings. The Hall–Kier alpha value is -0.470. The summed E-state index contributed by atoms with van der Waals surface area (Å²) in [7, 11) is 0. The van der Waals surface area contributed by atoms with Crippen LogP contribution in [0, 0.1) is 17.3 Å². The summed E-state index contributed by atoms with van der Waals surface area (Å²) in [5.74, 6) is 1.42. The maximum Gasteiger partial charge on any atom is 0.323 e. The first kappa shape index (κ1) is 10.7. The van der Waals surface area contributed by atoms with Gasteiger partial charge in [-0.05, 0) is 50.4 Å². The molecule has 4 bridgehead atoms. The van der Waals surface area contributed by atoms with Crippen LogP contribution < -0.4 is 0 Å². The number of Topliss-reactive ketones (excluding diaryl/α,β-unsaturated/α-hetero) is 1. The summed E-state index contributed by atoms with van der Waals surface area (Å²) in [6.45, 7) is 0. The van der Waals surface area contributed by atoms with Gasteiger partial charge in [-0.2, -0.15) is 4.79 Å². The summed E-state index contributed by atoms with van der Waals surface area (Å²) in [6, 6.07) is 0. The first-order valence-corrected chi connectivity index (χ1v) is 6.75. The van der Waals surface area contributed by atoms with Crippen LogP contribution in [0.3, 0.4) is 0 Å². The van der Waals surface area contributed by atoms with Crippen LogP contribution in [-0.4, -0.2) is 21.1 Å². The highest BCUT2D eigenvalue weighted by molar-refractivity contribution is 9.10. The standard InChI is InChI=1S/C12H15BrN2O/c13-12-4-8-1-9(5-12)3-11(2-8,7-12)10(16)6-15-14/h6,8-9H,1-5,7H2/t8-,9+,11?,12?. The Morgan fingerprint density at radius 2 is 1.94 bits per heavy atom. The molecule has 4 aliphatic rings. The van der Waals surface area contributed by atoms with Gasteiger partial charge in [0.05, 0.1) is 0 Å². The zero-order chi connectivity index (χ0) is 11.4. The fourth-order valence-electron chi connectivity index (χ4n) is 4.63. The fourth-order valence-corrected chi connectivity index (χ4v) is 6.08. The molecular weight excluding hydrogens is 268 g/mol. The van der Waals surface area contributed by atoms with E-state index in [0.29, 0.717) is 11.8 Å². The second-order valence-electron chi connectivity index (χ2n) is 6.00. The Balaban J connectivity index is 1.97. The van der Waals surface area contributed by atoms with Crippen molar-refractivity contribution < 1.29 is 9.58 Å². The number of hydrogen-bond donors (Lipinski definition) is 0. The third-order valence-electron chi connectivity index (χ3n) is 4.69. The van der Waals surface area contributed by atoms with Crippen LogP contribution in [0.15, 0.2) is 0 Å². The van der Waals surface area contributed by atoms with E-state index in [-0.39, 0.29) is 15.5 Å². The van der Waals surface area contributed by atoms with Gasteiger partial charge >= 0.3 is 6.21 Å². The Morgan fingerprint density at radius 3 is 2.44 bits per heavy atom. The maximum atomic E-state index is 12.1. The third kappa shape index (κ3) is 1.43. The molecule has 4 fully saturated rings. The molecule has 4 aliphatic carbocycles. The van der Waals surface area contributed by atoms with E-state index in [1.807, 2.05) is 0 Å². The second kappa shape index (κ2) is 3.27. The van der Waals surface area contributed by atoms with Crippen LogP contribution in [0.2, 0.25) is 0 Å². The Kier molecular flexibility index (Phi) is 2.18.